The van der Waals surface area contributed by atoms with E-state index in [9.17, 15) is 0 Å². The van der Waals surface area contributed by atoms with E-state index in [0.717, 1.165) is 42.5 Å². The van der Waals surface area contributed by atoms with Crippen molar-refractivity contribution >= 4 is 11.3 Å². The molecule has 0 saturated heterocycles. The van der Waals surface area contributed by atoms with Gasteiger partial charge in [0.1, 0.15) is 5.82 Å². The highest BCUT2D eigenvalue weighted by atomic mass is 32.1. The van der Waals surface area contributed by atoms with Crippen molar-refractivity contribution in [3.63, 3.8) is 0 Å². The number of rotatable bonds is 7. The summed E-state index contributed by atoms with van der Waals surface area (Å²) >= 11 is 1.71. The van der Waals surface area contributed by atoms with E-state index >= 15 is 0 Å². The summed E-state index contributed by atoms with van der Waals surface area (Å²) in [5, 5.41) is 6.80. The number of nitrogens with one attached hydrogen (secondary N) is 1. The Hall–Kier alpha value is -1.20. The number of aryl methyl sites for hydroxylation is 2. The number of nitrogens with zero attached hydrogens (tertiary/aromatic N) is 3. The number of imidazole rings is 1. The van der Waals surface area contributed by atoms with Crippen molar-refractivity contribution < 1.29 is 0 Å². The number of hydrogen-bond acceptors (Lipinski definition) is 4. The van der Waals surface area contributed by atoms with Crippen LogP contribution in [0.25, 0.3) is 0 Å². The highest BCUT2D eigenvalue weighted by molar-refractivity contribution is 7.09. The highest BCUT2D eigenvalue weighted by Gasteiger charge is 2.17. The van der Waals surface area contributed by atoms with Crippen molar-refractivity contribution in [2.45, 2.75) is 46.2 Å². The lowest BCUT2D eigenvalue weighted by Crippen LogP contribution is -2.26. The van der Waals surface area contributed by atoms with Crippen LogP contribution in [0.3, 0.4) is 0 Å². The SMILES string of the molecule is CCCn1ccnc1C(Cc1csc(C)n1)NCC. The van der Waals surface area contributed by atoms with Crippen LogP contribution in [0.1, 0.15) is 42.8 Å². The molecule has 0 aromatic carbocycles. The molecule has 0 amide bonds. The summed E-state index contributed by atoms with van der Waals surface area (Å²) in [5.41, 5.74) is 1.15. The molecule has 1 N–H and O–H groups in total. The van der Waals surface area contributed by atoms with Gasteiger partial charge in [-0.1, -0.05) is 13.8 Å². The zero-order valence-electron chi connectivity index (χ0n) is 11.9. The first-order chi connectivity index (χ1) is 9.24. The van der Waals surface area contributed by atoms with Crippen LogP contribution in [-0.4, -0.2) is 21.1 Å². The largest absolute Gasteiger partial charge is 0.334 e. The fraction of sp³-hybridized carbons (Fsp3) is 0.571. The van der Waals surface area contributed by atoms with Crippen LogP contribution >= 0.6 is 11.3 Å². The van der Waals surface area contributed by atoms with Crippen molar-refractivity contribution in [2.75, 3.05) is 6.54 Å². The van der Waals surface area contributed by atoms with Crippen molar-refractivity contribution in [1.29, 1.82) is 0 Å². The molecule has 2 rings (SSSR count). The minimum Gasteiger partial charge on any atom is -0.334 e. The highest BCUT2D eigenvalue weighted by Crippen LogP contribution is 2.19. The lowest BCUT2D eigenvalue weighted by atomic mass is 10.1. The number of aromatic nitrogens is 3. The predicted molar refractivity (Wildman–Crippen MR) is 79.5 cm³/mol. The Morgan fingerprint density at radius 2 is 2.26 bits per heavy atom. The second-order valence-corrected chi connectivity index (χ2v) is 5.71. The summed E-state index contributed by atoms with van der Waals surface area (Å²) in [7, 11) is 0. The molecule has 0 fully saturated rings. The monoisotopic (exact) mass is 278 g/mol. The molecule has 2 aromatic heterocycles. The zero-order chi connectivity index (χ0) is 13.7. The lowest BCUT2D eigenvalue weighted by molar-refractivity contribution is 0.484. The van der Waals surface area contributed by atoms with E-state index in [1.165, 1.54) is 0 Å². The van der Waals surface area contributed by atoms with Crippen LogP contribution in [0.2, 0.25) is 0 Å². The average Bonchev–Trinajstić information content (AvgIpc) is 2.99. The Labute approximate surface area is 118 Å². The topological polar surface area (TPSA) is 42.7 Å². The van der Waals surface area contributed by atoms with Gasteiger partial charge in [0.2, 0.25) is 0 Å². The van der Waals surface area contributed by atoms with Gasteiger partial charge in [0, 0.05) is 30.7 Å². The maximum absolute atomic E-state index is 4.56. The quantitative estimate of drug-likeness (QED) is 0.846. The molecule has 19 heavy (non-hydrogen) atoms. The van der Waals surface area contributed by atoms with Crippen molar-refractivity contribution in [3.8, 4) is 0 Å². The molecule has 5 heteroatoms. The van der Waals surface area contributed by atoms with Gasteiger partial charge in [0.05, 0.1) is 16.7 Å². The maximum Gasteiger partial charge on any atom is 0.126 e. The van der Waals surface area contributed by atoms with Gasteiger partial charge in [-0.2, -0.15) is 0 Å². The van der Waals surface area contributed by atoms with Crippen LogP contribution in [0.5, 0.6) is 0 Å². The second-order valence-electron chi connectivity index (χ2n) is 4.65. The molecular weight excluding hydrogens is 256 g/mol. The number of thiazole rings is 1. The molecule has 1 unspecified atom stereocenters. The standard InChI is InChI=1S/C14H22N4S/c1-4-7-18-8-6-16-14(18)13(15-5-2)9-12-10-19-11(3)17-12/h6,8,10,13,15H,4-5,7,9H2,1-3H3. The van der Waals surface area contributed by atoms with Gasteiger partial charge in [-0.15, -0.1) is 11.3 Å². The van der Waals surface area contributed by atoms with Crippen molar-refractivity contribution in [3.05, 3.63) is 34.3 Å². The van der Waals surface area contributed by atoms with Crippen LogP contribution in [0, 0.1) is 6.92 Å². The summed E-state index contributed by atoms with van der Waals surface area (Å²) in [5.74, 6) is 1.12. The molecular formula is C14H22N4S. The zero-order valence-corrected chi connectivity index (χ0v) is 12.7. The molecule has 2 aromatic rings. The molecule has 0 bridgehead atoms. The molecule has 1 atom stereocenters. The second kappa shape index (κ2) is 6.82. The van der Waals surface area contributed by atoms with Crippen molar-refractivity contribution in [1.82, 2.24) is 19.9 Å². The first kappa shape index (κ1) is 14.2. The van der Waals surface area contributed by atoms with Crippen LogP contribution in [0.15, 0.2) is 17.8 Å². The first-order valence-corrected chi connectivity index (χ1v) is 7.78. The summed E-state index contributed by atoms with van der Waals surface area (Å²) in [6.45, 7) is 8.33. The summed E-state index contributed by atoms with van der Waals surface area (Å²) in [4.78, 5) is 9.09. The fourth-order valence-corrected chi connectivity index (χ4v) is 2.90. The molecule has 0 radical (unpaired) electrons. The summed E-state index contributed by atoms with van der Waals surface area (Å²) < 4.78 is 2.24. The minimum absolute atomic E-state index is 0.244. The molecule has 0 aliphatic heterocycles. The van der Waals surface area contributed by atoms with E-state index in [2.05, 4.69) is 52.2 Å². The van der Waals surface area contributed by atoms with Gasteiger partial charge in [-0.05, 0) is 19.9 Å². The Bertz CT molecular complexity index is 503. The third-order valence-electron chi connectivity index (χ3n) is 3.05. The Morgan fingerprint density at radius 1 is 1.42 bits per heavy atom. The van der Waals surface area contributed by atoms with Gasteiger partial charge in [0.15, 0.2) is 0 Å². The van der Waals surface area contributed by atoms with Gasteiger partial charge in [0.25, 0.3) is 0 Å². The maximum atomic E-state index is 4.56. The smallest absolute Gasteiger partial charge is 0.126 e. The van der Waals surface area contributed by atoms with Gasteiger partial charge in [-0.25, -0.2) is 9.97 Å². The van der Waals surface area contributed by atoms with Crippen LogP contribution in [0.4, 0.5) is 0 Å². The predicted octanol–water partition coefficient (Wildman–Crippen LogP) is 2.95. The van der Waals surface area contributed by atoms with Crippen LogP contribution in [-0.2, 0) is 13.0 Å². The third-order valence-corrected chi connectivity index (χ3v) is 3.88. The molecule has 2 heterocycles. The Kier molecular flexibility index (Phi) is 5.10. The normalized spacial score (nSPS) is 12.8. The molecule has 0 saturated carbocycles. The van der Waals surface area contributed by atoms with Gasteiger partial charge < -0.3 is 9.88 Å². The minimum atomic E-state index is 0.244. The molecule has 0 aliphatic carbocycles. The Morgan fingerprint density at radius 3 is 2.89 bits per heavy atom. The molecule has 0 aliphatic rings. The fourth-order valence-electron chi connectivity index (χ4n) is 2.27. The van der Waals surface area contributed by atoms with E-state index in [1.54, 1.807) is 11.3 Å². The first-order valence-electron chi connectivity index (χ1n) is 6.90. The summed E-state index contributed by atoms with van der Waals surface area (Å²) in [6, 6.07) is 0.244. The van der Waals surface area contributed by atoms with E-state index in [4.69, 9.17) is 0 Å². The number of hydrogen-bond donors (Lipinski definition) is 1. The van der Waals surface area contributed by atoms with Crippen LogP contribution < -0.4 is 5.32 Å². The lowest BCUT2D eigenvalue weighted by Gasteiger charge is -2.18. The number of likely N-dealkylation sites (N-methyl/N-ethyl adjacent to an activating group) is 1. The van der Waals surface area contributed by atoms with E-state index in [-0.39, 0.29) is 6.04 Å². The summed E-state index contributed by atoms with van der Waals surface area (Å²) in [6.07, 6.45) is 5.98. The molecule has 104 valence electrons. The molecule has 4 nitrogen and oxygen atoms in total. The average molecular weight is 278 g/mol. The Balaban J connectivity index is 2.16. The molecule has 0 spiro atoms. The third kappa shape index (κ3) is 3.64. The van der Waals surface area contributed by atoms with Gasteiger partial charge >= 0.3 is 0 Å². The van der Waals surface area contributed by atoms with Crippen molar-refractivity contribution in [2.24, 2.45) is 0 Å². The van der Waals surface area contributed by atoms with Gasteiger partial charge in [-0.3, -0.25) is 0 Å². The van der Waals surface area contributed by atoms with E-state index in [0.29, 0.717) is 0 Å². The van der Waals surface area contributed by atoms with E-state index in [1.807, 2.05) is 6.20 Å². The van der Waals surface area contributed by atoms with E-state index < -0.39 is 0 Å².